The number of nitrogens with one attached hydrogen (secondary N) is 1. The van der Waals surface area contributed by atoms with Crippen LogP contribution in [-0.4, -0.2) is 12.0 Å². The van der Waals surface area contributed by atoms with Gasteiger partial charge in [0.25, 0.3) is 5.91 Å². The van der Waals surface area contributed by atoms with Crippen LogP contribution in [0.3, 0.4) is 0 Å². The third-order valence-corrected chi connectivity index (χ3v) is 4.52. The van der Waals surface area contributed by atoms with E-state index in [1.165, 1.54) is 0 Å². The largest absolute Gasteiger partial charge is 0.491 e. The average Bonchev–Trinajstić information content (AvgIpc) is 2.69. The van der Waals surface area contributed by atoms with E-state index in [4.69, 9.17) is 14.9 Å². The minimum atomic E-state index is -0.673. The van der Waals surface area contributed by atoms with Crippen molar-refractivity contribution in [1.29, 1.82) is 0 Å². The van der Waals surface area contributed by atoms with Crippen molar-refractivity contribution in [2.45, 2.75) is 46.3 Å². The highest BCUT2D eigenvalue weighted by molar-refractivity contribution is 6.05. The van der Waals surface area contributed by atoms with Crippen LogP contribution in [0.1, 0.15) is 48.7 Å². The summed E-state index contributed by atoms with van der Waals surface area (Å²) in [7, 11) is 0. The second kappa shape index (κ2) is 8.92. The molecule has 3 rings (SSSR count). The number of benzene rings is 2. The topological polar surface area (TPSA) is 94.6 Å². The Bertz CT molecular complexity index is 1070. The molecule has 0 unspecified atom stereocenters. The molecule has 0 saturated heterocycles. The van der Waals surface area contributed by atoms with Crippen molar-refractivity contribution in [2.75, 3.05) is 5.32 Å². The molecule has 0 saturated carbocycles. The predicted molar refractivity (Wildman–Crippen MR) is 115 cm³/mol. The van der Waals surface area contributed by atoms with E-state index in [1.54, 1.807) is 18.2 Å². The molecule has 1 heterocycles. The van der Waals surface area contributed by atoms with Crippen LogP contribution in [0.25, 0.3) is 11.0 Å². The van der Waals surface area contributed by atoms with Gasteiger partial charge in [-0.1, -0.05) is 25.5 Å². The minimum absolute atomic E-state index is 0.00508. The molecule has 1 amide bonds. The van der Waals surface area contributed by atoms with Crippen LogP contribution in [0, 0.1) is 0 Å². The van der Waals surface area contributed by atoms with Crippen molar-refractivity contribution in [1.82, 2.24) is 0 Å². The quantitative estimate of drug-likeness (QED) is 0.585. The second-order valence-electron chi connectivity index (χ2n) is 7.18. The number of nitrogens with two attached hydrogens (primary N) is 1. The lowest BCUT2D eigenvalue weighted by atomic mass is 10.0. The van der Waals surface area contributed by atoms with Crippen molar-refractivity contribution in [3.63, 3.8) is 0 Å². The molecule has 0 aliphatic rings. The van der Waals surface area contributed by atoms with Gasteiger partial charge in [-0.15, -0.1) is 0 Å². The van der Waals surface area contributed by atoms with Crippen molar-refractivity contribution in [3.05, 3.63) is 69.6 Å². The summed E-state index contributed by atoms with van der Waals surface area (Å²) in [5, 5.41) is 3.42. The zero-order valence-electron chi connectivity index (χ0n) is 17.0. The smallest absolute Gasteiger partial charge is 0.349 e. The predicted octanol–water partition coefficient (Wildman–Crippen LogP) is 4.24. The van der Waals surface area contributed by atoms with Gasteiger partial charge in [0.1, 0.15) is 16.9 Å². The first-order valence-electron chi connectivity index (χ1n) is 9.79. The van der Waals surface area contributed by atoms with Crippen LogP contribution in [0.2, 0.25) is 0 Å². The van der Waals surface area contributed by atoms with Crippen molar-refractivity contribution >= 4 is 22.6 Å². The summed E-state index contributed by atoms with van der Waals surface area (Å²) in [4.78, 5) is 25.2. The number of ether oxygens (including phenoxy) is 1. The van der Waals surface area contributed by atoms with Crippen molar-refractivity contribution < 1.29 is 13.9 Å². The number of hydrogen-bond acceptors (Lipinski definition) is 5. The number of fused-ring (bicyclic) bond motifs is 1. The maximum Gasteiger partial charge on any atom is 0.349 e. The fraction of sp³-hybridized carbons (Fsp3) is 0.304. The first kappa shape index (κ1) is 20.6. The highest BCUT2D eigenvalue weighted by atomic mass is 16.5. The van der Waals surface area contributed by atoms with Gasteiger partial charge in [-0.3, -0.25) is 4.79 Å². The molecule has 1 aromatic heterocycles. The van der Waals surface area contributed by atoms with E-state index in [-0.39, 0.29) is 11.7 Å². The van der Waals surface area contributed by atoms with Gasteiger partial charge in [0.15, 0.2) is 0 Å². The van der Waals surface area contributed by atoms with E-state index in [9.17, 15) is 9.59 Å². The van der Waals surface area contributed by atoms with Crippen LogP contribution in [0.4, 0.5) is 5.69 Å². The number of amides is 1. The minimum Gasteiger partial charge on any atom is -0.491 e. The van der Waals surface area contributed by atoms with E-state index in [1.807, 2.05) is 45.0 Å². The Kier molecular flexibility index (Phi) is 6.34. The standard InChI is InChI=1S/C23H26N2O4/c1-4-5-18-20(28-14(2)3)11-8-16-12-19(23(27)29-21(16)18)22(26)25-17-9-6-15(13-24)7-10-17/h6-12,14H,4-5,13,24H2,1-3H3,(H,25,26). The second-order valence-corrected chi connectivity index (χ2v) is 7.18. The van der Waals surface area contributed by atoms with E-state index < -0.39 is 11.5 Å². The van der Waals surface area contributed by atoms with Crippen LogP contribution in [0.5, 0.6) is 5.75 Å². The Morgan fingerprint density at radius 3 is 2.52 bits per heavy atom. The number of rotatable bonds is 7. The summed E-state index contributed by atoms with van der Waals surface area (Å²) < 4.78 is 11.5. The van der Waals surface area contributed by atoms with Gasteiger partial charge in [-0.05, 0) is 56.2 Å². The number of carbonyl (C=O) groups is 1. The number of anilines is 1. The fourth-order valence-corrected chi connectivity index (χ4v) is 3.16. The maximum absolute atomic E-state index is 12.6. The Balaban J connectivity index is 1.98. The summed E-state index contributed by atoms with van der Waals surface area (Å²) in [6, 6.07) is 12.4. The third-order valence-electron chi connectivity index (χ3n) is 4.52. The molecular weight excluding hydrogens is 368 g/mol. The highest BCUT2D eigenvalue weighted by Crippen LogP contribution is 2.30. The Hall–Kier alpha value is -3.12. The molecule has 3 aromatic rings. The molecule has 0 radical (unpaired) electrons. The van der Waals surface area contributed by atoms with Gasteiger partial charge in [-0.25, -0.2) is 4.79 Å². The molecular formula is C23H26N2O4. The van der Waals surface area contributed by atoms with Crippen molar-refractivity contribution in [2.24, 2.45) is 5.73 Å². The summed E-state index contributed by atoms with van der Waals surface area (Å²) in [5.74, 6) is 0.190. The van der Waals surface area contributed by atoms with Crippen molar-refractivity contribution in [3.8, 4) is 5.75 Å². The van der Waals surface area contributed by atoms with Crippen LogP contribution < -0.4 is 21.4 Å². The summed E-state index contributed by atoms with van der Waals surface area (Å²) in [5.41, 5.74) is 7.73. The molecule has 0 atom stereocenters. The van der Waals surface area contributed by atoms with Crippen LogP contribution >= 0.6 is 0 Å². The molecule has 0 fully saturated rings. The number of hydrogen-bond donors (Lipinski definition) is 2. The molecule has 0 bridgehead atoms. The van der Waals surface area contributed by atoms with Gasteiger partial charge >= 0.3 is 5.63 Å². The van der Waals surface area contributed by atoms with Gasteiger partial charge in [0.05, 0.1) is 6.10 Å². The van der Waals surface area contributed by atoms with Gasteiger partial charge in [-0.2, -0.15) is 0 Å². The molecule has 0 spiro atoms. The fourth-order valence-electron chi connectivity index (χ4n) is 3.16. The summed E-state index contributed by atoms with van der Waals surface area (Å²) in [6.07, 6.45) is 1.59. The lowest BCUT2D eigenvalue weighted by Gasteiger charge is -2.15. The molecule has 29 heavy (non-hydrogen) atoms. The van der Waals surface area contributed by atoms with E-state index in [0.717, 1.165) is 17.5 Å². The highest BCUT2D eigenvalue weighted by Gasteiger charge is 2.18. The number of aryl methyl sites for hydroxylation is 1. The SMILES string of the molecule is CCCc1c(OC(C)C)ccc2cc(C(=O)Nc3ccc(CN)cc3)c(=O)oc12. The molecule has 0 aliphatic heterocycles. The molecule has 2 aromatic carbocycles. The Labute approximate surface area is 169 Å². The maximum atomic E-state index is 12.6. The number of carbonyl (C=O) groups excluding carboxylic acids is 1. The van der Waals surface area contributed by atoms with Gasteiger partial charge in [0.2, 0.25) is 0 Å². The van der Waals surface area contributed by atoms with E-state index >= 15 is 0 Å². The molecule has 0 aliphatic carbocycles. The third kappa shape index (κ3) is 4.66. The first-order valence-corrected chi connectivity index (χ1v) is 9.79. The lowest BCUT2D eigenvalue weighted by molar-refractivity contribution is 0.102. The zero-order valence-corrected chi connectivity index (χ0v) is 17.0. The van der Waals surface area contributed by atoms with E-state index in [0.29, 0.717) is 35.4 Å². The lowest BCUT2D eigenvalue weighted by Crippen LogP contribution is -2.21. The average molecular weight is 394 g/mol. The molecule has 6 heteroatoms. The molecule has 3 N–H and O–H groups in total. The summed E-state index contributed by atoms with van der Waals surface area (Å²) >= 11 is 0. The van der Waals surface area contributed by atoms with Gasteiger partial charge in [0, 0.05) is 23.2 Å². The normalized spacial score (nSPS) is 11.1. The molecule has 6 nitrogen and oxygen atoms in total. The monoisotopic (exact) mass is 394 g/mol. The summed E-state index contributed by atoms with van der Waals surface area (Å²) in [6.45, 7) is 6.37. The van der Waals surface area contributed by atoms with Crippen LogP contribution in [-0.2, 0) is 13.0 Å². The van der Waals surface area contributed by atoms with E-state index in [2.05, 4.69) is 5.32 Å². The Morgan fingerprint density at radius 1 is 1.17 bits per heavy atom. The molecule has 152 valence electrons. The first-order chi connectivity index (χ1) is 13.9. The van der Waals surface area contributed by atoms with Crippen LogP contribution in [0.15, 0.2) is 51.7 Å². The Morgan fingerprint density at radius 2 is 1.90 bits per heavy atom. The van der Waals surface area contributed by atoms with Gasteiger partial charge < -0.3 is 20.2 Å². The zero-order chi connectivity index (χ0) is 21.0.